The molecule has 0 spiro atoms. The molecule has 0 radical (unpaired) electrons. The number of rotatable bonds is 0. The normalized spacial score (nSPS) is 17.3. The highest BCUT2D eigenvalue weighted by Crippen LogP contribution is 2.44. The summed E-state index contributed by atoms with van der Waals surface area (Å²) in [5.41, 5.74) is -4.44. The third-order valence-corrected chi connectivity index (χ3v) is 2.94. The van der Waals surface area contributed by atoms with Gasteiger partial charge in [0.25, 0.3) is 0 Å². The van der Waals surface area contributed by atoms with E-state index in [4.69, 9.17) is 0 Å². The standard InChI is InChI=1S/C15H14F6N2/c1-13(2,3)23-10-8-6-4-5-7-9(8)22-11(10)12(14(16,17)18)15(19,20)21/h4-7,22H,1-3H3. The van der Waals surface area contributed by atoms with Crippen LogP contribution in [0.1, 0.15) is 26.3 Å². The van der Waals surface area contributed by atoms with Crippen molar-refractivity contribution in [3.05, 3.63) is 41.1 Å². The van der Waals surface area contributed by atoms with Crippen molar-refractivity contribution in [2.45, 2.75) is 38.7 Å². The Hall–Kier alpha value is -1.99. The molecular weight excluding hydrogens is 322 g/mol. The molecule has 8 heteroatoms. The Morgan fingerprint density at radius 1 is 0.913 bits per heavy atom. The van der Waals surface area contributed by atoms with Crippen LogP contribution in [0.2, 0.25) is 0 Å². The predicted octanol–water partition coefficient (Wildman–Crippen LogP) is 5.08. The van der Waals surface area contributed by atoms with E-state index in [9.17, 15) is 26.3 Å². The van der Waals surface area contributed by atoms with Crippen molar-refractivity contribution in [3.8, 4) is 0 Å². The summed E-state index contributed by atoms with van der Waals surface area (Å²) in [6.07, 6.45) is -11.1. The molecule has 0 fully saturated rings. The van der Waals surface area contributed by atoms with Crippen LogP contribution in [0, 0.1) is 0 Å². The lowest BCUT2D eigenvalue weighted by atomic mass is 10.0. The first-order valence-electron chi connectivity index (χ1n) is 6.66. The fraction of sp³-hybridized carbons (Fsp3) is 0.400. The third kappa shape index (κ3) is 3.68. The molecule has 0 aliphatic carbocycles. The molecule has 1 aromatic carbocycles. The van der Waals surface area contributed by atoms with Crippen LogP contribution in [0.5, 0.6) is 0 Å². The van der Waals surface area contributed by atoms with Crippen molar-refractivity contribution in [1.29, 1.82) is 0 Å². The first-order chi connectivity index (χ1) is 10.3. The molecule has 23 heavy (non-hydrogen) atoms. The summed E-state index contributed by atoms with van der Waals surface area (Å²) >= 11 is 0. The number of allylic oxidation sites excluding steroid dienone is 2. The second kappa shape index (κ2) is 5.28. The van der Waals surface area contributed by atoms with Crippen molar-refractivity contribution in [2.24, 2.45) is 4.99 Å². The average molecular weight is 336 g/mol. The molecule has 1 aliphatic heterocycles. The van der Waals surface area contributed by atoms with Crippen molar-refractivity contribution >= 4 is 11.4 Å². The quantitative estimate of drug-likeness (QED) is 0.657. The highest BCUT2D eigenvalue weighted by molar-refractivity contribution is 6.22. The monoisotopic (exact) mass is 336 g/mol. The van der Waals surface area contributed by atoms with Gasteiger partial charge in [0.15, 0.2) is 5.57 Å². The molecular formula is C15H14F6N2. The second-order valence-corrected chi connectivity index (χ2v) is 6.05. The zero-order valence-electron chi connectivity index (χ0n) is 12.5. The van der Waals surface area contributed by atoms with Crippen LogP contribution in [0.25, 0.3) is 0 Å². The minimum Gasteiger partial charge on any atom is -0.353 e. The van der Waals surface area contributed by atoms with E-state index in [2.05, 4.69) is 10.3 Å². The maximum atomic E-state index is 13.0. The van der Waals surface area contributed by atoms with Gasteiger partial charge in [0.05, 0.1) is 16.9 Å². The molecule has 0 aromatic heterocycles. The molecule has 0 saturated carbocycles. The van der Waals surface area contributed by atoms with Crippen LogP contribution in [0.4, 0.5) is 32.0 Å². The van der Waals surface area contributed by atoms with Crippen molar-refractivity contribution in [1.82, 2.24) is 0 Å². The molecule has 1 aromatic rings. The first kappa shape index (κ1) is 17.4. The number of alkyl halides is 6. The van der Waals surface area contributed by atoms with Crippen molar-refractivity contribution < 1.29 is 26.3 Å². The summed E-state index contributed by atoms with van der Waals surface area (Å²) < 4.78 is 78.1. The Balaban J connectivity index is 2.80. The minimum absolute atomic E-state index is 0.163. The second-order valence-electron chi connectivity index (χ2n) is 6.05. The lowest BCUT2D eigenvalue weighted by Crippen LogP contribution is -2.31. The van der Waals surface area contributed by atoms with E-state index >= 15 is 0 Å². The van der Waals surface area contributed by atoms with Crippen LogP contribution in [0.15, 0.2) is 40.5 Å². The highest BCUT2D eigenvalue weighted by atomic mass is 19.4. The van der Waals surface area contributed by atoms with Gasteiger partial charge in [-0.15, -0.1) is 0 Å². The Morgan fingerprint density at radius 2 is 1.43 bits per heavy atom. The number of anilines is 1. The lowest BCUT2D eigenvalue weighted by molar-refractivity contribution is -0.172. The van der Waals surface area contributed by atoms with Gasteiger partial charge in [-0.2, -0.15) is 26.3 Å². The molecule has 1 N–H and O–H groups in total. The smallest absolute Gasteiger partial charge is 0.353 e. The van der Waals surface area contributed by atoms with E-state index in [1.165, 1.54) is 24.3 Å². The van der Waals surface area contributed by atoms with Crippen molar-refractivity contribution in [3.63, 3.8) is 0 Å². The maximum absolute atomic E-state index is 13.0. The number of nitrogens with one attached hydrogen (secondary N) is 1. The van der Waals surface area contributed by atoms with Gasteiger partial charge in [-0.3, -0.25) is 4.99 Å². The highest BCUT2D eigenvalue weighted by Gasteiger charge is 2.54. The number of halogens is 6. The predicted molar refractivity (Wildman–Crippen MR) is 75.5 cm³/mol. The third-order valence-electron chi connectivity index (χ3n) is 2.94. The van der Waals surface area contributed by atoms with Gasteiger partial charge in [0, 0.05) is 11.3 Å². The number of nitrogens with zero attached hydrogens (tertiary/aromatic N) is 1. The number of hydrogen-bond donors (Lipinski definition) is 1. The summed E-state index contributed by atoms with van der Waals surface area (Å²) in [7, 11) is 0. The van der Waals surface area contributed by atoms with E-state index in [0.717, 1.165) is 0 Å². The van der Waals surface area contributed by atoms with Gasteiger partial charge in [0.2, 0.25) is 0 Å². The van der Waals surface area contributed by atoms with Gasteiger partial charge in [0.1, 0.15) is 0 Å². The van der Waals surface area contributed by atoms with Gasteiger partial charge >= 0.3 is 12.4 Å². The summed E-state index contributed by atoms with van der Waals surface area (Å²) in [6, 6.07) is 5.89. The van der Waals surface area contributed by atoms with Crippen molar-refractivity contribution in [2.75, 3.05) is 5.32 Å². The van der Waals surface area contributed by atoms with Crippen LogP contribution in [-0.4, -0.2) is 23.6 Å². The number of para-hydroxylation sites is 1. The molecule has 0 atom stereocenters. The summed E-state index contributed by atoms with van der Waals surface area (Å²) in [4.78, 5) is 4.08. The number of aliphatic imine (C=N–C) groups is 1. The molecule has 2 rings (SSSR count). The minimum atomic E-state index is -5.55. The fourth-order valence-corrected chi connectivity index (χ4v) is 2.20. The molecule has 2 nitrogen and oxygen atoms in total. The Bertz CT molecular complexity index is 658. The number of fused-ring (bicyclic) bond motifs is 1. The largest absolute Gasteiger partial charge is 0.423 e. The molecule has 0 unspecified atom stereocenters. The van der Waals surface area contributed by atoms with Crippen LogP contribution in [-0.2, 0) is 0 Å². The lowest BCUT2D eigenvalue weighted by Gasteiger charge is -2.20. The number of hydrogen-bond acceptors (Lipinski definition) is 2. The van der Waals surface area contributed by atoms with Gasteiger partial charge in [-0.05, 0) is 26.8 Å². The Kier molecular flexibility index (Phi) is 3.99. The molecule has 1 aliphatic rings. The molecule has 0 amide bonds. The van der Waals surface area contributed by atoms with E-state index in [-0.39, 0.29) is 17.0 Å². The Morgan fingerprint density at radius 3 is 1.91 bits per heavy atom. The first-order valence-corrected chi connectivity index (χ1v) is 6.66. The Labute approximate surface area is 128 Å². The average Bonchev–Trinajstić information content (AvgIpc) is 2.62. The fourth-order valence-electron chi connectivity index (χ4n) is 2.20. The van der Waals surface area contributed by atoms with Crippen LogP contribution < -0.4 is 5.32 Å². The maximum Gasteiger partial charge on any atom is 0.423 e. The summed E-state index contributed by atoms with van der Waals surface area (Å²) in [6.45, 7) is 4.79. The SMILES string of the molecule is CC(C)(C)N=C1C(=C(C(F)(F)F)C(F)(F)F)Nc2ccccc21. The number of benzene rings is 1. The molecule has 126 valence electrons. The molecule has 0 bridgehead atoms. The van der Waals surface area contributed by atoms with E-state index < -0.39 is 29.2 Å². The molecule has 1 heterocycles. The van der Waals surface area contributed by atoms with Crippen LogP contribution in [0.3, 0.4) is 0 Å². The van der Waals surface area contributed by atoms with E-state index in [0.29, 0.717) is 0 Å². The zero-order chi connectivity index (χ0) is 17.6. The van der Waals surface area contributed by atoms with Crippen LogP contribution >= 0.6 is 0 Å². The topological polar surface area (TPSA) is 24.4 Å². The van der Waals surface area contributed by atoms with Gasteiger partial charge in [-0.1, -0.05) is 18.2 Å². The van der Waals surface area contributed by atoms with Gasteiger partial charge < -0.3 is 5.32 Å². The summed E-state index contributed by atoms with van der Waals surface area (Å²) in [5.74, 6) is 0. The van der Waals surface area contributed by atoms with E-state index in [1.54, 1.807) is 20.8 Å². The zero-order valence-corrected chi connectivity index (χ0v) is 12.5. The molecule has 0 saturated heterocycles. The summed E-state index contributed by atoms with van der Waals surface area (Å²) in [5, 5.41) is 2.23. The van der Waals surface area contributed by atoms with Gasteiger partial charge in [-0.25, -0.2) is 0 Å². The van der Waals surface area contributed by atoms with E-state index in [1.807, 2.05) is 0 Å².